The average Bonchev–Trinajstić information content (AvgIpc) is 2.93. The van der Waals surface area contributed by atoms with Crippen molar-refractivity contribution in [3.8, 4) is 11.6 Å². The highest BCUT2D eigenvalue weighted by Crippen LogP contribution is 2.37. The Morgan fingerprint density at radius 2 is 2.04 bits per heavy atom. The second-order valence-electron chi connectivity index (χ2n) is 5.64. The highest BCUT2D eigenvalue weighted by atomic mass is 79.9. The van der Waals surface area contributed by atoms with Crippen molar-refractivity contribution in [2.45, 2.75) is 6.92 Å². The monoisotopic (exact) mass is 416 g/mol. The molecule has 0 spiro atoms. The molecule has 1 aromatic heterocycles. The van der Waals surface area contributed by atoms with Gasteiger partial charge in [-0.3, -0.25) is 4.79 Å². The van der Waals surface area contributed by atoms with Crippen LogP contribution in [0.4, 0.5) is 11.4 Å². The Kier molecular flexibility index (Phi) is 5.22. The average molecular weight is 417 g/mol. The molecule has 3 rings (SSSR count). The largest absolute Gasteiger partial charge is 0.497 e. The van der Waals surface area contributed by atoms with E-state index in [4.69, 9.17) is 4.74 Å². The maximum atomic E-state index is 12.0. The number of aryl methyl sites for hydroxylation is 1. The summed E-state index contributed by atoms with van der Waals surface area (Å²) < 4.78 is 5.99. The quantitative estimate of drug-likeness (QED) is 0.525. The number of ether oxygens (including phenoxy) is 1. The SMILES string of the molecule is COc1ccc(NCC(=O)N=Nc2c(O)[nH]c3cc(Br)c(C)cc23)cc1. The molecule has 3 N–H and O–H groups in total. The van der Waals surface area contributed by atoms with Crippen LogP contribution >= 0.6 is 15.9 Å². The van der Waals surface area contributed by atoms with Crippen LogP contribution < -0.4 is 10.1 Å². The van der Waals surface area contributed by atoms with Crippen molar-refractivity contribution < 1.29 is 14.6 Å². The lowest BCUT2D eigenvalue weighted by Gasteiger charge is -2.04. The Balaban J connectivity index is 1.70. The molecule has 0 atom stereocenters. The van der Waals surface area contributed by atoms with Gasteiger partial charge in [0.25, 0.3) is 5.91 Å². The van der Waals surface area contributed by atoms with Crippen LogP contribution in [0.1, 0.15) is 5.56 Å². The summed E-state index contributed by atoms with van der Waals surface area (Å²) in [5.41, 5.74) is 2.70. The van der Waals surface area contributed by atoms with Crippen molar-refractivity contribution in [2.24, 2.45) is 10.2 Å². The number of fused-ring (bicyclic) bond motifs is 1. The summed E-state index contributed by atoms with van der Waals surface area (Å²) in [7, 11) is 1.59. The summed E-state index contributed by atoms with van der Waals surface area (Å²) in [4.78, 5) is 14.8. The second kappa shape index (κ2) is 7.57. The van der Waals surface area contributed by atoms with Gasteiger partial charge in [0.05, 0.1) is 19.2 Å². The molecule has 0 aliphatic carbocycles. The first-order valence-corrected chi connectivity index (χ1v) is 8.60. The minimum Gasteiger partial charge on any atom is -0.497 e. The van der Waals surface area contributed by atoms with Gasteiger partial charge < -0.3 is 20.1 Å². The molecule has 7 nitrogen and oxygen atoms in total. The fraction of sp³-hybridized carbons (Fsp3) is 0.167. The molecule has 2 aromatic carbocycles. The number of methoxy groups -OCH3 is 1. The zero-order valence-electron chi connectivity index (χ0n) is 14.2. The number of benzene rings is 2. The predicted octanol–water partition coefficient (Wildman–Crippen LogP) is 4.68. The van der Waals surface area contributed by atoms with E-state index in [1.807, 2.05) is 19.1 Å². The van der Waals surface area contributed by atoms with E-state index >= 15 is 0 Å². The summed E-state index contributed by atoms with van der Waals surface area (Å²) in [5.74, 6) is 0.152. The van der Waals surface area contributed by atoms with E-state index in [2.05, 4.69) is 36.5 Å². The lowest BCUT2D eigenvalue weighted by atomic mass is 10.1. The van der Waals surface area contributed by atoms with E-state index in [9.17, 15) is 9.90 Å². The summed E-state index contributed by atoms with van der Waals surface area (Å²) in [5, 5.41) is 21.3. The summed E-state index contributed by atoms with van der Waals surface area (Å²) in [6, 6.07) is 10.9. The lowest BCUT2D eigenvalue weighted by molar-refractivity contribution is -0.116. The Morgan fingerprint density at radius 3 is 2.73 bits per heavy atom. The summed E-state index contributed by atoms with van der Waals surface area (Å²) >= 11 is 3.44. The van der Waals surface area contributed by atoms with Crippen LogP contribution in [0.5, 0.6) is 11.6 Å². The van der Waals surface area contributed by atoms with Gasteiger partial charge in [-0.1, -0.05) is 15.9 Å². The fourth-order valence-electron chi connectivity index (χ4n) is 2.42. The minimum absolute atomic E-state index is 0.0104. The van der Waals surface area contributed by atoms with Crippen LogP contribution in [0.25, 0.3) is 10.9 Å². The van der Waals surface area contributed by atoms with Crippen molar-refractivity contribution >= 4 is 44.1 Å². The number of hydrogen-bond donors (Lipinski definition) is 3. The van der Waals surface area contributed by atoms with Crippen LogP contribution in [0.15, 0.2) is 51.1 Å². The third-order valence-corrected chi connectivity index (χ3v) is 4.68. The molecule has 26 heavy (non-hydrogen) atoms. The number of hydrogen-bond acceptors (Lipinski definition) is 5. The predicted molar refractivity (Wildman–Crippen MR) is 103 cm³/mol. The smallest absolute Gasteiger partial charge is 0.283 e. The highest BCUT2D eigenvalue weighted by molar-refractivity contribution is 9.10. The van der Waals surface area contributed by atoms with Crippen molar-refractivity contribution in [1.29, 1.82) is 0 Å². The normalized spacial score (nSPS) is 11.2. The van der Waals surface area contributed by atoms with Gasteiger partial charge in [0, 0.05) is 15.5 Å². The molecule has 0 saturated heterocycles. The number of carbonyl (C=O) groups is 1. The molecule has 0 fully saturated rings. The zero-order valence-corrected chi connectivity index (χ0v) is 15.8. The molecule has 8 heteroatoms. The lowest BCUT2D eigenvalue weighted by Crippen LogP contribution is -2.10. The van der Waals surface area contributed by atoms with Crippen LogP contribution in [0, 0.1) is 6.92 Å². The number of aromatic nitrogens is 1. The zero-order chi connectivity index (χ0) is 18.7. The number of nitrogens with zero attached hydrogens (tertiary/aromatic N) is 2. The molecule has 0 aliphatic heterocycles. The minimum atomic E-state index is -0.455. The van der Waals surface area contributed by atoms with Crippen LogP contribution in [-0.4, -0.2) is 29.7 Å². The molecular weight excluding hydrogens is 400 g/mol. The number of azo groups is 1. The van der Waals surface area contributed by atoms with E-state index < -0.39 is 5.91 Å². The van der Waals surface area contributed by atoms with Gasteiger partial charge in [-0.2, -0.15) is 0 Å². The van der Waals surface area contributed by atoms with Gasteiger partial charge in [-0.15, -0.1) is 10.2 Å². The molecule has 0 bridgehead atoms. The van der Waals surface area contributed by atoms with E-state index in [0.717, 1.165) is 21.5 Å². The van der Waals surface area contributed by atoms with E-state index in [-0.39, 0.29) is 18.1 Å². The molecular formula is C18H17BrN4O3. The van der Waals surface area contributed by atoms with Crippen LogP contribution in [0.3, 0.4) is 0 Å². The first-order chi connectivity index (χ1) is 12.5. The standard InChI is InChI=1S/C18H17BrN4O3/c1-10-7-13-15(8-14(10)19)21-18(25)17(13)23-22-16(24)9-20-11-3-5-12(26-2)6-4-11/h3-8,20-21,25H,9H2,1-2H3. The van der Waals surface area contributed by atoms with Gasteiger partial charge >= 0.3 is 0 Å². The first kappa shape index (κ1) is 17.9. The molecule has 0 unspecified atom stereocenters. The Hall–Kier alpha value is -2.87. The van der Waals surface area contributed by atoms with Crippen molar-refractivity contribution in [1.82, 2.24) is 4.98 Å². The van der Waals surface area contributed by atoms with Gasteiger partial charge in [-0.25, -0.2) is 0 Å². The van der Waals surface area contributed by atoms with Gasteiger partial charge in [0.2, 0.25) is 5.88 Å². The molecule has 1 amide bonds. The van der Waals surface area contributed by atoms with Crippen molar-refractivity contribution in [3.63, 3.8) is 0 Å². The van der Waals surface area contributed by atoms with E-state index in [0.29, 0.717) is 10.9 Å². The number of aromatic amines is 1. The number of nitrogens with one attached hydrogen (secondary N) is 2. The van der Waals surface area contributed by atoms with Crippen LogP contribution in [0.2, 0.25) is 0 Å². The number of rotatable bonds is 5. The number of amides is 1. The van der Waals surface area contributed by atoms with Crippen molar-refractivity contribution in [3.05, 3.63) is 46.4 Å². The highest BCUT2D eigenvalue weighted by Gasteiger charge is 2.12. The van der Waals surface area contributed by atoms with Gasteiger partial charge in [-0.05, 0) is 48.9 Å². The Bertz CT molecular complexity index is 980. The first-order valence-electron chi connectivity index (χ1n) is 7.81. The van der Waals surface area contributed by atoms with Crippen LogP contribution in [-0.2, 0) is 4.79 Å². The van der Waals surface area contributed by atoms with Crippen molar-refractivity contribution in [2.75, 3.05) is 19.0 Å². The number of carbonyl (C=O) groups excluding carboxylic acids is 1. The fourth-order valence-corrected chi connectivity index (χ4v) is 2.77. The molecule has 3 aromatic rings. The second-order valence-corrected chi connectivity index (χ2v) is 6.50. The number of H-pyrrole nitrogens is 1. The summed E-state index contributed by atoms with van der Waals surface area (Å²) in [6.07, 6.45) is 0. The van der Waals surface area contributed by atoms with E-state index in [1.54, 1.807) is 31.4 Å². The molecule has 0 radical (unpaired) electrons. The molecule has 0 aliphatic rings. The Labute approximate surface area is 158 Å². The molecule has 134 valence electrons. The number of halogens is 1. The third-order valence-electron chi connectivity index (χ3n) is 3.83. The molecule has 1 heterocycles. The molecule has 0 saturated carbocycles. The topological polar surface area (TPSA) is 99.1 Å². The van der Waals surface area contributed by atoms with Gasteiger partial charge in [0.1, 0.15) is 5.75 Å². The summed E-state index contributed by atoms with van der Waals surface area (Å²) in [6.45, 7) is 1.92. The maximum absolute atomic E-state index is 12.0. The number of anilines is 1. The number of aromatic hydroxyl groups is 1. The Morgan fingerprint density at radius 1 is 1.31 bits per heavy atom. The maximum Gasteiger partial charge on any atom is 0.283 e. The third kappa shape index (κ3) is 3.85. The van der Waals surface area contributed by atoms with Gasteiger partial charge in [0.15, 0.2) is 5.69 Å². The van der Waals surface area contributed by atoms with E-state index in [1.165, 1.54) is 0 Å².